The van der Waals surface area contributed by atoms with Gasteiger partial charge in [-0.3, -0.25) is 22.7 Å². The van der Waals surface area contributed by atoms with Crippen LogP contribution in [-0.2, 0) is 57.8 Å². The second-order valence-electron chi connectivity index (χ2n) is 16.7. The Morgan fingerprint density at radius 3 is 2.48 bits per heavy atom. The van der Waals surface area contributed by atoms with Gasteiger partial charge in [-0.15, -0.1) is 0 Å². The van der Waals surface area contributed by atoms with E-state index in [1.807, 2.05) is 0 Å². The van der Waals surface area contributed by atoms with Gasteiger partial charge in [0.05, 0.1) is 19.5 Å². The van der Waals surface area contributed by atoms with Crippen LogP contribution in [0.2, 0.25) is 0 Å². The van der Waals surface area contributed by atoms with Gasteiger partial charge < -0.3 is 65.6 Å². The number of imidazole rings is 1. The number of unbranched alkanes of at least 4 members (excludes halogenated alkanes) is 1. The molecule has 10 N–H and O–H groups in total. The summed E-state index contributed by atoms with van der Waals surface area (Å²) in [6.07, 6.45) is -9.24. The first-order valence-corrected chi connectivity index (χ1v) is 24.4. The van der Waals surface area contributed by atoms with Gasteiger partial charge in [0.15, 0.2) is 23.8 Å². The lowest BCUT2D eigenvalue weighted by molar-refractivity contribution is -0.159. The number of ether oxygens (including phenoxy) is 5. The number of fused-ring (bicyclic) bond motifs is 1. The van der Waals surface area contributed by atoms with Crippen molar-refractivity contribution >= 4 is 62.3 Å². The number of amides is 2. The van der Waals surface area contributed by atoms with E-state index < -0.39 is 107 Å². The van der Waals surface area contributed by atoms with Crippen molar-refractivity contribution in [1.29, 1.82) is 0 Å². The Bertz CT molecular complexity index is 2750. The number of nitrogen functional groups attached to an aromatic ring is 2. The fourth-order valence-corrected chi connectivity index (χ4v) is 8.46. The van der Waals surface area contributed by atoms with Crippen LogP contribution < -0.4 is 27.8 Å². The summed E-state index contributed by atoms with van der Waals surface area (Å²) in [5, 5.41) is 20.4. The number of alkyl carbamates (subject to hydrolysis) is 2. The molecule has 71 heavy (non-hydrogen) atoms. The van der Waals surface area contributed by atoms with Gasteiger partial charge >= 0.3 is 39.5 Å². The largest absolute Gasteiger partial charge is 0.472 e. The van der Waals surface area contributed by atoms with Crippen LogP contribution in [0.4, 0.5) is 26.9 Å². The number of esters is 1. The molecule has 33 heteroatoms. The molecule has 0 saturated carbocycles. The number of nitrogens with one attached hydrogen (secondary N) is 2. The maximum atomic E-state index is 14.1. The molecule has 386 valence electrons. The van der Waals surface area contributed by atoms with E-state index >= 15 is 0 Å². The smallest absolute Gasteiger partial charge is 0.455 e. The molecule has 2 amide bonds. The number of rotatable bonds is 21. The van der Waals surface area contributed by atoms with Crippen molar-refractivity contribution in [1.82, 2.24) is 39.7 Å². The first-order chi connectivity index (χ1) is 33.5. The fraction of sp³-hybridized carbons (Fsp3) is 0.526. The number of phosphoric ester groups is 2. The average Bonchev–Trinajstić information content (AvgIpc) is 3.98. The first kappa shape index (κ1) is 54.0. The summed E-state index contributed by atoms with van der Waals surface area (Å²) >= 11 is 0. The van der Waals surface area contributed by atoms with Crippen LogP contribution in [0.3, 0.4) is 0 Å². The Labute approximate surface area is 401 Å². The highest BCUT2D eigenvalue weighted by Gasteiger charge is 2.50. The standard InChI is InChI=1S/C38H51N13O18P2/c1-38(2,3)68-37(56)46-22(10-6-7-12-42-36(55)62-15-20-8-4-5-9-21(20)48-49-41)34(53)67-30-25(66-33(29(30)52)51-19-45-28-31(40)43-18-44-32(28)51)17-64-71(60,61)69-23-14-27(50-13-11-26(39)47-35(50)54)65-24(23)16-63-70(57,58)59/h4-5,8-9,11,13,18-19,22-25,27,29-30,33,52H,6-7,10,12,14-17H2,1-3H3,(H,42,55)(H,46,56)(H,60,61)(H2,39,47,54)(H2,40,43,44)(H2,57,58,59)/t22?,23-,24+,25-,27+,29+,30+,33+/m0/s1. The lowest BCUT2D eigenvalue weighted by atomic mass is 10.1. The van der Waals surface area contributed by atoms with E-state index in [0.717, 1.165) is 10.9 Å². The van der Waals surface area contributed by atoms with Crippen molar-refractivity contribution in [2.75, 3.05) is 31.2 Å². The lowest BCUT2D eigenvalue weighted by Gasteiger charge is -2.26. The van der Waals surface area contributed by atoms with Crippen molar-refractivity contribution in [2.45, 2.75) is 108 Å². The molecule has 5 heterocycles. The number of hydrogen-bond donors (Lipinski definition) is 8. The van der Waals surface area contributed by atoms with Crippen molar-refractivity contribution in [3.05, 3.63) is 75.7 Å². The molecule has 2 saturated heterocycles. The summed E-state index contributed by atoms with van der Waals surface area (Å²) in [7, 11) is -10.4. The third-order valence-corrected chi connectivity index (χ3v) is 11.8. The predicted octanol–water partition coefficient (Wildman–Crippen LogP) is 2.25. The minimum absolute atomic E-state index is 0.0289. The Hall–Kier alpha value is -6.33. The highest BCUT2D eigenvalue weighted by Crippen LogP contribution is 2.50. The quantitative estimate of drug-likeness (QED) is 0.0113. The van der Waals surface area contributed by atoms with Crippen molar-refractivity contribution in [3.8, 4) is 0 Å². The zero-order valence-corrected chi connectivity index (χ0v) is 39.8. The monoisotopic (exact) mass is 1040 g/mol. The second kappa shape index (κ2) is 23.3. The number of anilines is 2. The number of aromatic nitrogens is 6. The molecular formula is C38H51N13O18P2. The van der Waals surface area contributed by atoms with Gasteiger partial charge in [-0.2, -0.15) is 4.98 Å². The summed E-state index contributed by atoms with van der Waals surface area (Å²) in [5.74, 6) is -1.28. The number of carbonyl (C=O) groups is 3. The maximum Gasteiger partial charge on any atom is 0.472 e. The van der Waals surface area contributed by atoms with Gasteiger partial charge in [0.1, 0.15) is 66.6 Å². The van der Waals surface area contributed by atoms with Crippen LogP contribution in [0.5, 0.6) is 0 Å². The van der Waals surface area contributed by atoms with Gasteiger partial charge in [0.2, 0.25) is 0 Å². The van der Waals surface area contributed by atoms with E-state index in [4.69, 9.17) is 49.7 Å². The van der Waals surface area contributed by atoms with E-state index in [0.29, 0.717) is 5.56 Å². The number of nitrogens with two attached hydrogens (primary N) is 2. The Morgan fingerprint density at radius 2 is 1.76 bits per heavy atom. The molecule has 2 unspecified atom stereocenters. The summed E-state index contributed by atoms with van der Waals surface area (Å²) < 4.78 is 70.9. The van der Waals surface area contributed by atoms with Gasteiger partial charge in [-0.1, -0.05) is 29.4 Å². The van der Waals surface area contributed by atoms with Gasteiger partial charge in [0, 0.05) is 29.8 Å². The number of azide groups is 1. The summed E-state index contributed by atoms with van der Waals surface area (Å²) in [6.45, 7) is 2.80. The van der Waals surface area contributed by atoms with E-state index in [9.17, 15) is 48.1 Å². The summed E-state index contributed by atoms with van der Waals surface area (Å²) in [4.78, 5) is 100. The van der Waals surface area contributed by atoms with Crippen LogP contribution in [0.1, 0.15) is 64.5 Å². The third-order valence-electron chi connectivity index (χ3n) is 10.3. The number of aliphatic hydroxyl groups excluding tert-OH is 1. The van der Waals surface area contributed by atoms with Crippen molar-refractivity contribution in [2.24, 2.45) is 5.11 Å². The highest BCUT2D eigenvalue weighted by molar-refractivity contribution is 7.47. The van der Waals surface area contributed by atoms with Crippen molar-refractivity contribution in [3.63, 3.8) is 0 Å². The Kier molecular flexibility index (Phi) is 17.7. The predicted molar refractivity (Wildman–Crippen MR) is 240 cm³/mol. The highest BCUT2D eigenvalue weighted by atomic mass is 31.2. The molecule has 6 rings (SSSR count). The van der Waals surface area contributed by atoms with Gasteiger partial charge in [-0.25, -0.2) is 43.3 Å². The SMILES string of the molecule is CC(C)(C)OC(=O)NC(CCCCNC(=O)OCc1ccccc1N=[N+]=[N-])C(=O)O[C@H]1[C@@H](O)[C@H](n2cnc3c(N)ncnc32)O[C@H]1COP(=O)(O)O[C@H]1C[C@H](n2ccc(N)nc2=O)O[C@@H]1COP(=O)(O)O. The second-order valence-corrected chi connectivity index (χ2v) is 19.3. The van der Waals surface area contributed by atoms with E-state index in [-0.39, 0.29) is 67.3 Å². The van der Waals surface area contributed by atoms with E-state index in [1.165, 1.54) is 23.2 Å². The van der Waals surface area contributed by atoms with Gasteiger partial charge in [-0.05, 0) is 57.2 Å². The molecule has 2 aliphatic rings. The summed E-state index contributed by atoms with van der Waals surface area (Å²) in [5.41, 5.74) is 19.4. The van der Waals surface area contributed by atoms with Crippen LogP contribution in [-0.4, -0.2) is 129 Å². The van der Waals surface area contributed by atoms with Crippen LogP contribution in [0, 0.1) is 0 Å². The number of benzene rings is 1. The zero-order valence-electron chi connectivity index (χ0n) is 38.0. The summed E-state index contributed by atoms with van der Waals surface area (Å²) in [6, 6.07) is 6.30. The number of aliphatic hydroxyl groups is 1. The molecule has 2 aliphatic heterocycles. The molecule has 0 bridgehead atoms. The Balaban J connectivity index is 1.16. The molecule has 2 fully saturated rings. The van der Waals surface area contributed by atoms with Crippen molar-refractivity contribution < 1.29 is 80.6 Å². The molecule has 9 atom stereocenters. The zero-order chi connectivity index (χ0) is 51.7. The minimum Gasteiger partial charge on any atom is -0.455 e. The molecular weight excluding hydrogens is 988 g/mol. The minimum atomic E-state index is -5.29. The number of hydrogen-bond acceptors (Lipinski definition) is 22. The molecule has 0 radical (unpaired) electrons. The van der Waals surface area contributed by atoms with E-state index in [2.05, 4.69) is 45.1 Å². The van der Waals surface area contributed by atoms with E-state index in [1.54, 1.807) is 45.0 Å². The molecule has 0 aliphatic carbocycles. The lowest BCUT2D eigenvalue weighted by Crippen LogP contribution is -2.47. The van der Waals surface area contributed by atoms with Gasteiger partial charge in [0.25, 0.3) is 0 Å². The van der Waals surface area contributed by atoms with Crippen LogP contribution in [0.15, 0.2) is 59.1 Å². The topological polar surface area (TPSA) is 443 Å². The third kappa shape index (κ3) is 15.1. The molecule has 0 spiro atoms. The first-order valence-electron chi connectivity index (χ1n) is 21.4. The maximum absolute atomic E-state index is 14.1. The number of nitrogens with zero attached hydrogens (tertiary/aromatic N) is 9. The van der Waals surface area contributed by atoms with Crippen LogP contribution >= 0.6 is 15.6 Å². The average molecular weight is 1040 g/mol. The normalized spacial score (nSPS) is 22.5. The molecule has 3 aromatic heterocycles. The fourth-order valence-electron chi connectivity index (χ4n) is 7.15. The molecule has 31 nitrogen and oxygen atoms in total. The molecule has 4 aromatic rings. The van der Waals surface area contributed by atoms with Crippen LogP contribution in [0.25, 0.3) is 21.6 Å². The Morgan fingerprint density at radius 1 is 1.01 bits per heavy atom. The number of carbonyl (C=O) groups excluding carboxylic acids is 3. The molecule has 1 aromatic carbocycles. The number of phosphoric acid groups is 2.